The zero-order valence-electron chi connectivity index (χ0n) is 10.7. The second-order valence-electron chi connectivity index (χ2n) is 4.19. The van der Waals surface area contributed by atoms with Gasteiger partial charge in [0.15, 0.2) is 0 Å². The van der Waals surface area contributed by atoms with Crippen molar-refractivity contribution < 1.29 is 4.42 Å². The van der Waals surface area contributed by atoms with Crippen LogP contribution in [0.1, 0.15) is 33.6 Å². The third kappa shape index (κ3) is 3.81. The van der Waals surface area contributed by atoms with Crippen molar-refractivity contribution in [3.63, 3.8) is 0 Å². The molecule has 0 aromatic carbocycles. The molecule has 0 radical (unpaired) electrons. The summed E-state index contributed by atoms with van der Waals surface area (Å²) in [7, 11) is 0. The summed E-state index contributed by atoms with van der Waals surface area (Å²) in [5, 5.41) is 11.2. The number of rotatable bonds is 7. The average molecular weight is 226 g/mol. The highest BCUT2D eigenvalue weighted by Gasteiger charge is 2.13. The largest absolute Gasteiger partial charge is 0.407 e. The molecule has 0 unspecified atom stereocenters. The summed E-state index contributed by atoms with van der Waals surface area (Å²) < 4.78 is 5.58. The van der Waals surface area contributed by atoms with Gasteiger partial charge in [0.05, 0.1) is 6.54 Å². The van der Waals surface area contributed by atoms with Crippen LogP contribution in [0.4, 0.5) is 6.01 Å². The van der Waals surface area contributed by atoms with E-state index < -0.39 is 0 Å². The fraction of sp³-hybridized carbons (Fsp3) is 0.818. The van der Waals surface area contributed by atoms with Gasteiger partial charge in [-0.3, -0.25) is 0 Å². The van der Waals surface area contributed by atoms with E-state index in [0.717, 1.165) is 19.6 Å². The highest BCUT2D eigenvalue weighted by Crippen LogP contribution is 2.13. The van der Waals surface area contributed by atoms with Crippen molar-refractivity contribution in [1.82, 2.24) is 15.5 Å². The molecule has 5 nitrogen and oxygen atoms in total. The van der Waals surface area contributed by atoms with Gasteiger partial charge in [0, 0.05) is 13.1 Å². The average Bonchev–Trinajstić information content (AvgIpc) is 2.71. The van der Waals surface area contributed by atoms with Crippen molar-refractivity contribution >= 4 is 6.01 Å². The maximum absolute atomic E-state index is 5.58. The van der Waals surface area contributed by atoms with Crippen LogP contribution in [0.2, 0.25) is 0 Å². The molecule has 92 valence electrons. The van der Waals surface area contributed by atoms with E-state index in [1.807, 2.05) is 6.92 Å². The molecule has 1 rings (SSSR count). The molecule has 0 aliphatic rings. The number of hydrogen-bond donors (Lipinski definition) is 1. The molecule has 16 heavy (non-hydrogen) atoms. The Kier molecular flexibility index (Phi) is 5.25. The van der Waals surface area contributed by atoms with Crippen LogP contribution in [-0.2, 0) is 6.54 Å². The van der Waals surface area contributed by atoms with Gasteiger partial charge < -0.3 is 14.6 Å². The summed E-state index contributed by atoms with van der Waals surface area (Å²) in [5.41, 5.74) is 0. The minimum absolute atomic E-state index is 0.587. The van der Waals surface area contributed by atoms with Crippen LogP contribution in [0, 0.1) is 5.92 Å². The van der Waals surface area contributed by atoms with Crippen LogP contribution in [0.3, 0.4) is 0 Å². The molecular formula is C11H22N4O. The number of nitrogens with zero attached hydrogens (tertiary/aromatic N) is 3. The molecule has 1 aromatic heterocycles. The Labute approximate surface area is 97.2 Å². The predicted molar refractivity (Wildman–Crippen MR) is 64.4 cm³/mol. The zero-order valence-corrected chi connectivity index (χ0v) is 10.7. The molecule has 1 N–H and O–H groups in total. The van der Waals surface area contributed by atoms with Gasteiger partial charge in [-0.25, -0.2) is 0 Å². The summed E-state index contributed by atoms with van der Waals surface area (Å²) in [5.74, 6) is 1.24. The first-order chi connectivity index (χ1) is 7.67. The number of hydrogen-bond acceptors (Lipinski definition) is 5. The van der Waals surface area contributed by atoms with Crippen LogP contribution < -0.4 is 10.2 Å². The molecule has 5 heteroatoms. The van der Waals surface area contributed by atoms with Gasteiger partial charge in [-0.05, 0) is 19.4 Å². The van der Waals surface area contributed by atoms with Crippen molar-refractivity contribution in [3.8, 4) is 0 Å². The van der Waals surface area contributed by atoms with E-state index in [9.17, 15) is 0 Å². The molecule has 0 atom stereocenters. The van der Waals surface area contributed by atoms with Crippen LogP contribution in [0.15, 0.2) is 4.42 Å². The van der Waals surface area contributed by atoms with E-state index in [4.69, 9.17) is 4.42 Å². The van der Waals surface area contributed by atoms with Gasteiger partial charge in [-0.15, -0.1) is 5.10 Å². The standard InChI is InChI=1S/C11H22N4O/c1-5-12-7-10-13-14-11(16-10)15(6-2)8-9(3)4/h9,12H,5-8H2,1-4H3. The first kappa shape index (κ1) is 13.0. The van der Waals surface area contributed by atoms with Crippen LogP contribution in [0.5, 0.6) is 0 Å². The third-order valence-electron chi connectivity index (χ3n) is 2.22. The minimum atomic E-state index is 0.587. The zero-order chi connectivity index (χ0) is 12.0. The van der Waals surface area contributed by atoms with Gasteiger partial charge in [-0.2, -0.15) is 0 Å². The van der Waals surface area contributed by atoms with Gasteiger partial charge in [0.25, 0.3) is 0 Å². The molecular weight excluding hydrogens is 204 g/mol. The number of anilines is 1. The van der Waals surface area contributed by atoms with Crippen LogP contribution in [-0.4, -0.2) is 29.8 Å². The second-order valence-corrected chi connectivity index (χ2v) is 4.19. The molecule has 0 aliphatic carbocycles. The van der Waals surface area contributed by atoms with E-state index >= 15 is 0 Å². The molecule has 1 heterocycles. The van der Waals surface area contributed by atoms with E-state index in [2.05, 4.69) is 41.2 Å². The lowest BCUT2D eigenvalue weighted by Crippen LogP contribution is -2.27. The molecule has 0 aliphatic heterocycles. The van der Waals surface area contributed by atoms with E-state index in [-0.39, 0.29) is 0 Å². The molecule has 0 spiro atoms. The summed E-state index contributed by atoms with van der Waals surface area (Å²) >= 11 is 0. The SMILES string of the molecule is CCNCc1nnc(N(CC)CC(C)C)o1. The molecule has 1 aromatic rings. The Morgan fingerprint density at radius 2 is 2.06 bits per heavy atom. The summed E-state index contributed by atoms with van der Waals surface area (Å²) in [6.07, 6.45) is 0. The second kappa shape index (κ2) is 6.48. The molecule has 0 bridgehead atoms. The van der Waals surface area contributed by atoms with E-state index in [1.54, 1.807) is 0 Å². The first-order valence-electron chi connectivity index (χ1n) is 5.95. The molecule has 0 saturated heterocycles. The number of nitrogens with one attached hydrogen (secondary N) is 1. The fourth-order valence-electron chi connectivity index (χ4n) is 1.46. The summed E-state index contributed by atoms with van der Waals surface area (Å²) in [6, 6.07) is 0.629. The van der Waals surface area contributed by atoms with Crippen LogP contribution >= 0.6 is 0 Å². The maximum Gasteiger partial charge on any atom is 0.318 e. The Balaban J connectivity index is 2.59. The van der Waals surface area contributed by atoms with Gasteiger partial charge in [-0.1, -0.05) is 25.9 Å². The van der Waals surface area contributed by atoms with Gasteiger partial charge in [0.2, 0.25) is 5.89 Å². The monoisotopic (exact) mass is 226 g/mol. The topological polar surface area (TPSA) is 54.2 Å². The van der Waals surface area contributed by atoms with Crippen LogP contribution in [0.25, 0.3) is 0 Å². The summed E-state index contributed by atoms with van der Waals surface area (Å²) in [6.45, 7) is 11.9. The molecule has 0 amide bonds. The quantitative estimate of drug-likeness (QED) is 0.766. The molecule has 0 fully saturated rings. The number of aromatic nitrogens is 2. The van der Waals surface area contributed by atoms with Crippen molar-refractivity contribution in [3.05, 3.63) is 5.89 Å². The predicted octanol–water partition coefficient (Wildman–Crippen LogP) is 1.66. The highest BCUT2D eigenvalue weighted by molar-refractivity contribution is 5.23. The van der Waals surface area contributed by atoms with Crippen molar-refractivity contribution in [1.29, 1.82) is 0 Å². The molecule has 0 saturated carbocycles. The lowest BCUT2D eigenvalue weighted by atomic mass is 10.2. The maximum atomic E-state index is 5.58. The normalized spacial score (nSPS) is 11.1. The van der Waals surface area contributed by atoms with Crippen molar-refractivity contribution in [2.45, 2.75) is 34.2 Å². The third-order valence-corrected chi connectivity index (χ3v) is 2.22. The van der Waals surface area contributed by atoms with E-state index in [0.29, 0.717) is 24.4 Å². The highest BCUT2D eigenvalue weighted by atomic mass is 16.4. The Morgan fingerprint density at radius 3 is 2.62 bits per heavy atom. The lowest BCUT2D eigenvalue weighted by Gasteiger charge is -2.19. The fourth-order valence-corrected chi connectivity index (χ4v) is 1.46. The first-order valence-corrected chi connectivity index (χ1v) is 5.95. The minimum Gasteiger partial charge on any atom is -0.407 e. The summed E-state index contributed by atoms with van der Waals surface area (Å²) in [4.78, 5) is 2.10. The van der Waals surface area contributed by atoms with Crippen molar-refractivity contribution in [2.75, 3.05) is 24.5 Å². The van der Waals surface area contributed by atoms with E-state index in [1.165, 1.54) is 0 Å². The smallest absolute Gasteiger partial charge is 0.318 e. The van der Waals surface area contributed by atoms with Gasteiger partial charge in [0.1, 0.15) is 0 Å². The Hall–Kier alpha value is -1.10. The Bertz CT molecular complexity index is 298. The van der Waals surface area contributed by atoms with Gasteiger partial charge >= 0.3 is 6.01 Å². The lowest BCUT2D eigenvalue weighted by molar-refractivity contribution is 0.457. The van der Waals surface area contributed by atoms with Crippen molar-refractivity contribution in [2.24, 2.45) is 5.92 Å². The Morgan fingerprint density at radius 1 is 1.31 bits per heavy atom.